The van der Waals surface area contributed by atoms with Gasteiger partial charge in [-0.25, -0.2) is 0 Å². The van der Waals surface area contributed by atoms with E-state index in [2.05, 4.69) is 17.4 Å². The van der Waals surface area contributed by atoms with E-state index in [1.165, 1.54) is 0 Å². The molecule has 0 aliphatic carbocycles. The minimum Gasteiger partial charge on any atom is -0.352 e. The molecular weight excluding hydrogens is 238 g/mol. The summed E-state index contributed by atoms with van der Waals surface area (Å²) < 4.78 is 0. The van der Waals surface area contributed by atoms with Gasteiger partial charge in [0.1, 0.15) is 0 Å². The van der Waals surface area contributed by atoms with E-state index in [1.807, 2.05) is 31.2 Å². The van der Waals surface area contributed by atoms with Crippen LogP contribution in [0, 0.1) is 12.1 Å². The highest BCUT2D eigenvalue weighted by molar-refractivity contribution is 5.81. The molecule has 0 aromatic heterocycles. The van der Waals surface area contributed by atoms with Crippen LogP contribution < -0.4 is 16.8 Å². The first-order valence-corrected chi connectivity index (χ1v) is 6.41. The number of amides is 1. The van der Waals surface area contributed by atoms with E-state index in [-0.39, 0.29) is 11.9 Å². The Balaban J connectivity index is 2.37. The number of nitrogens with one attached hydrogen (secondary N) is 1. The van der Waals surface area contributed by atoms with Crippen LogP contribution in [0.3, 0.4) is 0 Å². The van der Waals surface area contributed by atoms with Crippen molar-refractivity contribution in [1.82, 2.24) is 5.32 Å². The molecule has 1 amide bonds. The molecule has 0 bridgehead atoms. The number of carbonyl (C=O) groups excluding carboxylic acids is 1. The molecule has 1 aromatic carbocycles. The van der Waals surface area contributed by atoms with Crippen LogP contribution in [0.25, 0.3) is 0 Å². The Kier molecular flexibility index (Phi) is 6.65. The first kappa shape index (κ1) is 15.2. The number of hydrogen-bond acceptors (Lipinski definition) is 3. The maximum absolute atomic E-state index is 11.8. The monoisotopic (exact) mass is 259 g/mol. The highest BCUT2D eigenvalue weighted by Crippen LogP contribution is 2.01. The number of carbonyl (C=O) groups is 1. The normalized spacial score (nSPS) is 13.8. The third kappa shape index (κ3) is 6.05. The number of nitrogens with two attached hydrogens (primary N) is 2. The van der Waals surface area contributed by atoms with Gasteiger partial charge in [0.15, 0.2) is 0 Å². The second-order valence-corrected chi connectivity index (χ2v) is 4.50. The maximum Gasteiger partial charge on any atom is 0.237 e. The average molecular weight is 259 g/mol. The molecule has 0 saturated heterocycles. The highest BCUT2D eigenvalue weighted by atomic mass is 16.2. The predicted octanol–water partition coefficient (Wildman–Crippen LogP) is 0.566. The highest BCUT2D eigenvalue weighted by Gasteiger charge is 2.14. The molecule has 0 saturated carbocycles. The van der Waals surface area contributed by atoms with Gasteiger partial charge in [-0.1, -0.05) is 24.3 Å². The smallest absolute Gasteiger partial charge is 0.237 e. The molecule has 1 aromatic rings. The first-order valence-electron chi connectivity index (χ1n) is 6.41. The first-order chi connectivity index (χ1) is 9.13. The second kappa shape index (κ2) is 8.30. The lowest BCUT2D eigenvalue weighted by atomic mass is 10.1. The summed E-state index contributed by atoms with van der Waals surface area (Å²) in [4.78, 5) is 11.8. The lowest BCUT2D eigenvalue weighted by Crippen LogP contribution is -2.44. The lowest BCUT2D eigenvalue weighted by Gasteiger charge is -2.16. The van der Waals surface area contributed by atoms with Crippen molar-refractivity contribution < 1.29 is 4.79 Å². The molecule has 0 spiro atoms. The minimum atomic E-state index is -0.527. The van der Waals surface area contributed by atoms with Crippen molar-refractivity contribution in [2.45, 2.75) is 31.8 Å². The van der Waals surface area contributed by atoms with Crippen LogP contribution in [0.4, 0.5) is 0 Å². The largest absolute Gasteiger partial charge is 0.352 e. The molecule has 19 heavy (non-hydrogen) atoms. The maximum atomic E-state index is 11.8. The molecule has 0 fully saturated rings. The molecule has 5 N–H and O–H groups in total. The SMILES string of the molecule is C[C@@H](Cc1cc#ccc1)NC(=O)C(N)C/C=C\CN. The average Bonchev–Trinajstić information content (AvgIpc) is 2.39. The van der Waals surface area contributed by atoms with E-state index in [1.54, 1.807) is 6.08 Å². The van der Waals surface area contributed by atoms with Gasteiger partial charge in [-0.2, -0.15) is 0 Å². The summed E-state index contributed by atoms with van der Waals surface area (Å²) in [5.41, 5.74) is 12.2. The van der Waals surface area contributed by atoms with Gasteiger partial charge in [0.2, 0.25) is 5.91 Å². The second-order valence-electron chi connectivity index (χ2n) is 4.50. The Morgan fingerprint density at radius 3 is 2.89 bits per heavy atom. The van der Waals surface area contributed by atoms with Crippen LogP contribution in [0.1, 0.15) is 18.9 Å². The molecule has 102 valence electrons. The van der Waals surface area contributed by atoms with Crippen LogP contribution in [0.2, 0.25) is 0 Å². The molecular formula is C15H21N3O. The van der Waals surface area contributed by atoms with Crippen LogP contribution in [0.5, 0.6) is 0 Å². The van der Waals surface area contributed by atoms with Crippen LogP contribution in [-0.2, 0) is 11.2 Å². The summed E-state index contributed by atoms with van der Waals surface area (Å²) in [6.45, 7) is 2.42. The van der Waals surface area contributed by atoms with Crippen molar-refractivity contribution in [3.63, 3.8) is 0 Å². The quantitative estimate of drug-likeness (QED) is 0.626. The third-order valence-corrected chi connectivity index (χ3v) is 2.68. The summed E-state index contributed by atoms with van der Waals surface area (Å²) in [7, 11) is 0. The van der Waals surface area contributed by atoms with Gasteiger partial charge in [0.05, 0.1) is 6.04 Å². The van der Waals surface area contributed by atoms with E-state index in [4.69, 9.17) is 11.5 Å². The van der Waals surface area contributed by atoms with Gasteiger partial charge in [-0.15, -0.1) is 0 Å². The van der Waals surface area contributed by atoms with Gasteiger partial charge < -0.3 is 16.8 Å². The van der Waals surface area contributed by atoms with Crippen LogP contribution >= 0.6 is 0 Å². The number of hydrogen-bond donors (Lipinski definition) is 3. The fourth-order valence-electron chi connectivity index (χ4n) is 1.71. The minimum absolute atomic E-state index is 0.0350. The van der Waals surface area contributed by atoms with Crippen molar-refractivity contribution in [3.8, 4) is 0 Å². The molecule has 2 atom stereocenters. The van der Waals surface area contributed by atoms with Gasteiger partial charge >= 0.3 is 0 Å². The zero-order valence-electron chi connectivity index (χ0n) is 11.2. The fourth-order valence-corrected chi connectivity index (χ4v) is 1.71. The lowest BCUT2D eigenvalue weighted by molar-refractivity contribution is -0.122. The Morgan fingerprint density at radius 2 is 2.26 bits per heavy atom. The molecule has 0 radical (unpaired) electrons. The van der Waals surface area contributed by atoms with Crippen LogP contribution in [-0.4, -0.2) is 24.5 Å². The summed E-state index contributed by atoms with van der Waals surface area (Å²) in [6.07, 6.45) is 4.88. The summed E-state index contributed by atoms with van der Waals surface area (Å²) in [6, 6.07) is 10.9. The van der Waals surface area contributed by atoms with E-state index in [0.29, 0.717) is 13.0 Å². The van der Waals surface area contributed by atoms with Crippen LogP contribution in [0.15, 0.2) is 30.4 Å². The van der Waals surface area contributed by atoms with Gasteiger partial charge in [-0.3, -0.25) is 4.79 Å². The summed E-state index contributed by atoms with van der Waals surface area (Å²) in [5.74, 6) is -0.138. The van der Waals surface area contributed by atoms with E-state index in [0.717, 1.165) is 12.0 Å². The molecule has 0 aliphatic rings. The summed E-state index contributed by atoms with van der Waals surface area (Å²) >= 11 is 0. The molecule has 1 unspecified atom stereocenters. The van der Waals surface area contributed by atoms with Crippen molar-refractivity contribution >= 4 is 5.91 Å². The Morgan fingerprint density at radius 1 is 1.47 bits per heavy atom. The van der Waals surface area contributed by atoms with E-state index in [9.17, 15) is 4.79 Å². The van der Waals surface area contributed by atoms with Gasteiger partial charge in [0, 0.05) is 12.6 Å². The molecule has 0 heterocycles. The molecule has 0 aliphatic heterocycles. The Hall–Kier alpha value is -1.83. The van der Waals surface area contributed by atoms with Crippen molar-refractivity contribution in [1.29, 1.82) is 0 Å². The Labute approximate surface area is 114 Å². The van der Waals surface area contributed by atoms with Gasteiger partial charge in [-0.05, 0) is 43.5 Å². The predicted molar refractivity (Wildman–Crippen MR) is 76.2 cm³/mol. The third-order valence-electron chi connectivity index (χ3n) is 2.68. The van der Waals surface area contributed by atoms with Crippen molar-refractivity contribution in [3.05, 3.63) is 48.0 Å². The van der Waals surface area contributed by atoms with Crippen molar-refractivity contribution in [2.75, 3.05) is 6.54 Å². The topological polar surface area (TPSA) is 81.1 Å². The van der Waals surface area contributed by atoms with E-state index >= 15 is 0 Å². The Bertz CT molecular complexity index is 403. The molecule has 4 nitrogen and oxygen atoms in total. The molecule has 1 rings (SSSR count). The standard InChI is InChI=1S/C15H21N3O/c1-12(11-13-7-3-2-4-8-13)18-15(19)14(17)9-5-6-10-16/h3,5-8,12,14H,9-11,16-17H2,1H3,(H,18,19)/b6-5-/t12-,14?/m0/s1. The van der Waals surface area contributed by atoms with Crippen molar-refractivity contribution in [2.24, 2.45) is 11.5 Å². The number of rotatable bonds is 7. The zero-order chi connectivity index (χ0) is 14.1. The summed E-state index contributed by atoms with van der Waals surface area (Å²) in [5, 5.41) is 2.90. The van der Waals surface area contributed by atoms with Gasteiger partial charge in [0.25, 0.3) is 0 Å². The molecule has 4 heteroatoms. The fraction of sp³-hybridized carbons (Fsp3) is 0.400. The zero-order valence-corrected chi connectivity index (χ0v) is 11.2. The van der Waals surface area contributed by atoms with E-state index < -0.39 is 6.04 Å².